The van der Waals surface area contributed by atoms with E-state index >= 15 is 0 Å². The quantitative estimate of drug-likeness (QED) is 0.502. The maximum Gasteiger partial charge on any atom is 0.219 e. The molecule has 0 aliphatic rings. The predicted octanol–water partition coefficient (Wildman–Crippen LogP) is 5.91. The standard InChI is InChI=1S/C23H17NO2/c25-22-14-5-4-12-20(22)18-10-6-11-19(16-18)26-23-15-7-13-21(24-23)17-8-2-1-3-9-17/h1-16,25H. The average molecular weight is 339 g/mol. The molecule has 0 fully saturated rings. The number of phenols is 1. The number of benzene rings is 3. The molecule has 126 valence electrons. The smallest absolute Gasteiger partial charge is 0.219 e. The lowest BCUT2D eigenvalue weighted by Crippen LogP contribution is -1.90. The van der Waals surface area contributed by atoms with E-state index in [1.54, 1.807) is 12.1 Å². The largest absolute Gasteiger partial charge is 0.507 e. The van der Waals surface area contributed by atoms with Gasteiger partial charge in [0.25, 0.3) is 0 Å². The van der Waals surface area contributed by atoms with Crippen LogP contribution in [0.25, 0.3) is 22.4 Å². The van der Waals surface area contributed by atoms with E-state index < -0.39 is 0 Å². The average Bonchev–Trinajstić information content (AvgIpc) is 2.69. The topological polar surface area (TPSA) is 42.4 Å². The Balaban J connectivity index is 1.63. The van der Waals surface area contributed by atoms with Crippen molar-refractivity contribution in [2.24, 2.45) is 0 Å². The summed E-state index contributed by atoms with van der Waals surface area (Å²) in [6.07, 6.45) is 0. The van der Waals surface area contributed by atoms with Gasteiger partial charge in [-0.2, -0.15) is 0 Å². The molecule has 0 bridgehead atoms. The fraction of sp³-hybridized carbons (Fsp3) is 0. The van der Waals surface area contributed by atoms with Crippen molar-refractivity contribution in [3.63, 3.8) is 0 Å². The highest BCUT2D eigenvalue weighted by Crippen LogP contribution is 2.32. The number of aromatic nitrogens is 1. The Kier molecular flexibility index (Phi) is 4.35. The Bertz CT molecular complexity index is 1030. The molecule has 1 N–H and O–H groups in total. The third-order valence-corrected chi connectivity index (χ3v) is 4.06. The van der Waals surface area contributed by atoms with Crippen LogP contribution in [0.5, 0.6) is 17.4 Å². The van der Waals surface area contributed by atoms with Crippen LogP contribution >= 0.6 is 0 Å². The van der Waals surface area contributed by atoms with Crippen LogP contribution in [0, 0.1) is 0 Å². The molecule has 1 heterocycles. The molecule has 4 rings (SSSR count). The number of phenolic OH excluding ortho intramolecular Hbond substituents is 1. The third-order valence-electron chi connectivity index (χ3n) is 4.06. The number of rotatable bonds is 4. The van der Waals surface area contributed by atoms with Crippen molar-refractivity contribution in [3.8, 4) is 39.8 Å². The molecule has 0 atom stereocenters. The minimum Gasteiger partial charge on any atom is -0.507 e. The zero-order valence-electron chi connectivity index (χ0n) is 14.0. The minimum absolute atomic E-state index is 0.244. The summed E-state index contributed by atoms with van der Waals surface area (Å²) in [5.74, 6) is 1.44. The van der Waals surface area contributed by atoms with Gasteiger partial charge < -0.3 is 9.84 Å². The molecule has 26 heavy (non-hydrogen) atoms. The molecule has 0 spiro atoms. The SMILES string of the molecule is Oc1ccccc1-c1cccc(Oc2cccc(-c3ccccc3)n2)c1. The Hall–Kier alpha value is -3.59. The molecular weight excluding hydrogens is 322 g/mol. The molecule has 0 unspecified atom stereocenters. The van der Waals surface area contributed by atoms with Crippen LogP contribution in [0.2, 0.25) is 0 Å². The van der Waals surface area contributed by atoms with Gasteiger partial charge >= 0.3 is 0 Å². The molecule has 0 aliphatic carbocycles. The van der Waals surface area contributed by atoms with Crippen LogP contribution in [0.3, 0.4) is 0 Å². The van der Waals surface area contributed by atoms with E-state index in [0.29, 0.717) is 11.6 Å². The highest BCUT2D eigenvalue weighted by Gasteiger charge is 2.07. The minimum atomic E-state index is 0.244. The highest BCUT2D eigenvalue weighted by atomic mass is 16.5. The first-order valence-electron chi connectivity index (χ1n) is 8.38. The maximum absolute atomic E-state index is 10.1. The van der Waals surface area contributed by atoms with E-state index in [4.69, 9.17) is 4.74 Å². The summed E-state index contributed by atoms with van der Waals surface area (Å²) >= 11 is 0. The second-order valence-corrected chi connectivity index (χ2v) is 5.87. The van der Waals surface area contributed by atoms with Gasteiger partial charge in [-0.05, 0) is 29.8 Å². The van der Waals surface area contributed by atoms with Gasteiger partial charge in [0.2, 0.25) is 5.88 Å². The van der Waals surface area contributed by atoms with Crippen LogP contribution < -0.4 is 4.74 Å². The summed E-state index contributed by atoms with van der Waals surface area (Å²) < 4.78 is 5.95. The van der Waals surface area contributed by atoms with Gasteiger partial charge in [0.15, 0.2) is 0 Å². The van der Waals surface area contributed by atoms with Crippen molar-refractivity contribution in [2.75, 3.05) is 0 Å². The maximum atomic E-state index is 10.1. The number of hydrogen-bond donors (Lipinski definition) is 1. The van der Waals surface area contributed by atoms with Crippen LogP contribution in [-0.2, 0) is 0 Å². The van der Waals surface area contributed by atoms with Gasteiger partial charge in [-0.25, -0.2) is 4.98 Å². The second-order valence-electron chi connectivity index (χ2n) is 5.87. The number of hydrogen-bond acceptors (Lipinski definition) is 3. The number of aromatic hydroxyl groups is 1. The second kappa shape index (κ2) is 7.11. The van der Waals surface area contributed by atoms with E-state index in [1.807, 2.05) is 84.9 Å². The number of pyridine rings is 1. The molecule has 4 aromatic rings. The fourth-order valence-corrected chi connectivity index (χ4v) is 2.81. The fourth-order valence-electron chi connectivity index (χ4n) is 2.81. The van der Waals surface area contributed by atoms with Crippen molar-refractivity contribution in [1.29, 1.82) is 0 Å². The summed E-state index contributed by atoms with van der Waals surface area (Å²) in [5.41, 5.74) is 3.56. The van der Waals surface area contributed by atoms with E-state index in [1.165, 1.54) is 0 Å². The van der Waals surface area contributed by atoms with Gasteiger partial charge in [0.1, 0.15) is 11.5 Å². The van der Waals surface area contributed by atoms with E-state index in [-0.39, 0.29) is 5.75 Å². The normalized spacial score (nSPS) is 10.5. The van der Waals surface area contributed by atoms with E-state index in [0.717, 1.165) is 22.4 Å². The molecule has 3 nitrogen and oxygen atoms in total. The van der Waals surface area contributed by atoms with Crippen molar-refractivity contribution in [3.05, 3.63) is 97.1 Å². The Labute approximate surface area is 152 Å². The Morgan fingerprint density at radius 2 is 1.38 bits per heavy atom. The molecule has 0 aliphatic heterocycles. The van der Waals surface area contributed by atoms with Crippen molar-refractivity contribution in [1.82, 2.24) is 4.98 Å². The predicted molar refractivity (Wildman–Crippen MR) is 103 cm³/mol. The molecule has 3 heteroatoms. The Morgan fingerprint density at radius 1 is 0.654 bits per heavy atom. The molecule has 0 radical (unpaired) electrons. The monoisotopic (exact) mass is 339 g/mol. The van der Waals surface area contributed by atoms with Crippen LogP contribution in [-0.4, -0.2) is 10.1 Å². The summed E-state index contributed by atoms with van der Waals surface area (Å²) in [6.45, 7) is 0. The highest BCUT2D eigenvalue weighted by molar-refractivity contribution is 5.71. The molecule has 0 saturated heterocycles. The van der Waals surface area contributed by atoms with Gasteiger partial charge in [0.05, 0.1) is 5.69 Å². The summed E-state index contributed by atoms with van der Waals surface area (Å²) in [6, 6.07) is 30.6. The van der Waals surface area contributed by atoms with Gasteiger partial charge in [0, 0.05) is 17.2 Å². The van der Waals surface area contributed by atoms with Crippen LogP contribution in [0.15, 0.2) is 97.1 Å². The summed E-state index contributed by atoms with van der Waals surface area (Å²) in [5, 5.41) is 10.1. The molecule has 1 aromatic heterocycles. The number of nitrogens with zero attached hydrogens (tertiary/aromatic N) is 1. The van der Waals surface area contributed by atoms with Crippen molar-refractivity contribution < 1.29 is 9.84 Å². The molecule has 0 amide bonds. The van der Waals surface area contributed by atoms with Gasteiger partial charge in [-0.1, -0.05) is 66.7 Å². The molecule has 3 aromatic carbocycles. The van der Waals surface area contributed by atoms with Gasteiger partial charge in [-0.15, -0.1) is 0 Å². The first-order chi connectivity index (χ1) is 12.8. The summed E-state index contributed by atoms with van der Waals surface area (Å²) in [4.78, 5) is 4.59. The third kappa shape index (κ3) is 3.42. The first kappa shape index (κ1) is 15.9. The lowest BCUT2D eigenvalue weighted by atomic mass is 10.0. The lowest BCUT2D eigenvalue weighted by molar-refractivity contribution is 0.463. The van der Waals surface area contributed by atoms with E-state index in [9.17, 15) is 5.11 Å². The Morgan fingerprint density at radius 3 is 2.23 bits per heavy atom. The summed E-state index contributed by atoms with van der Waals surface area (Å²) in [7, 11) is 0. The van der Waals surface area contributed by atoms with Crippen LogP contribution in [0.4, 0.5) is 0 Å². The van der Waals surface area contributed by atoms with E-state index in [2.05, 4.69) is 4.98 Å². The zero-order chi connectivity index (χ0) is 17.8. The van der Waals surface area contributed by atoms with Crippen molar-refractivity contribution in [2.45, 2.75) is 0 Å². The molecule has 0 saturated carbocycles. The van der Waals surface area contributed by atoms with Crippen molar-refractivity contribution >= 4 is 0 Å². The molecular formula is C23H17NO2. The lowest BCUT2D eigenvalue weighted by Gasteiger charge is -2.09. The zero-order valence-corrected chi connectivity index (χ0v) is 14.0. The first-order valence-corrected chi connectivity index (χ1v) is 8.38. The van der Waals surface area contributed by atoms with Crippen LogP contribution in [0.1, 0.15) is 0 Å². The van der Waals surface area contributed by atoms with Gasteiger partial charge in [-0.3, -0.25) is 0 Å². The number of ether oxygens (including phenoxy) is 1. The number of para-hydroxylation sites is 1.